The molecule has 0 aliphatic heterocycles. The minimum Gasteiger partial charge on any atom is -0.344 e. The van der Waals surface area contributed by atoms with E-state index in [4.69, 9.17) is 0 Å². The third-order valence-electron chi connectivity index (χ3n) is 9.07. The van der Waals surface area contributed by atoms with Crippen molar-refractivity contribution >= 4 is 11.8 Å². The zero-order chi connectivity index (χ0) is 35.4. The number of carbonyl (C=O) groups excluding carboxylic acids is 2. The molecule has 0 saturated carbocycles. The molecule has 8 heteroatoms. The Labute approximate surface area is 300 Å². The Hall–Kier alpha value is -6.02. The van der Waals surface area contributed by atoms with Gasteiger partial charge in [0.15, 0.2) is 62.7 Å². The highest BCUT2D eigenvalue weighted by Gasteiger charge is 2.16. The molecule has 0 unspecified atom stereocenters. The van der Waals surface area contributed by atoms with Crippen LogP contribution in [0, 0.1) is 0 Å². The molecular formula is C43H46N6O2+4. The molecule has 0 fully saturated rings. The Morgan fingerprint density at radius 1 is 0.451 bits per heavy atom. The first-order chi connectivity index (χ1) is 24.9. The predicted molar refractivity (Wildman–Crippen MR) is 195 cm³/mol. The lowest BCUT2D eigenvalue weighted by molar-refractivity contribution is -0.726. The van der Waals surface area contributed by atoms with Crippen LogP contribution in [0.5, 0.6) is 0 Å². The molecule has 0 radical (unpaired) electrons. The van der Waals surface area contributed by atoms with Crippen LogP contribution in [-0.2, 0) is 35.8 Å². The number of nitrogens with zero attached hydrogens (tertiary/aromatic N) is 4. The van der Waals surface area contributed by atoms with Crippen LogP contribution in [0.2, 0.25) is 0 Å². The second-order valence-corrected chi connectivity index (χ2v) is 12.9. The summed E-state index contributed by atoms with van der Waals surface area (Å²) in [7, 11) is 0. The SMILES string of the molecule is C[C@@H](NC(=O)C[n+]1ccc(-c2cc[n+](CCC[n+]3ccc(-c4cc[n+](CC(=O)N[C@H](C)c5ccccc5)cc4)cc3)cc2)cc1)c1ccccc1. The van der Waals surface area contributed by atoms with Gasteiger partial charge in [0.1, 0.15) is 0 Å². The maximum absolute atomic E-state index is 12.6. The molecule has 2 atom stereocenters. The molecule has 8 nitrogen and oxygen atoms in total. The lowest BCUT2D eigenvalue weighted by atomic mass is 10.1. The van der Waals surface area contributed by atoms with Gasteiger partial charge < -0.3 is 10.6 Å². The Morgan fingerprint density at radius 3 is 1.06 bits per heavy atom. The number of rotatable bonds is 14. The van der Waals surface area contributed by atoms with Crippen molar-refractivity contribution in [1.82, 2.24) is 10.6 Å². The lowest BCUT2D eigenvalue weighted by Crippen LogP contribution is -2.43. The van der Waals surface area contributed by atoms with Crippen LogP contribution in [0.25, 0.3) is 22.3 Å². The topological polar surface area (TPSA) is 73.7 Å². The molecule has 4 heterocycles. The van der Waals surface area contributed by atoms with Gasteiger partial charge in [0, 0.05) is 48.5 Å². The second kappa shape index (κ2) is 17.1. The fourth-order valence-corrected chi connectivity index (χ4v) is 6.10. The van der Waals surface area contributed by atoms with E-state index < -0.39 is 0 Å². The number of aryl methyl sites for hydroxylation is 2. The molecule has 0 bridgehead atoms. The van der Waals surface area contributed by atoms with Crippen molar-refractivity contribution in [1.29, 1.82) is 0 Å². The smallest absolute Gasteiger partial charge is 0.286 e. The molecule has 2 aromatic carbocycles. The van der Waals surface area contributed by atoms with E-state index in [-0.39, 0.29) is 37.0 Å². The zero-order valence-electron chi connectivity index (χ0n) is 29.3. The number of aromatic nitrogens is 4. The van der Waals surface area contributed by atoms with Crippen LogP contribution in [0.15, 0.2) is 159 Å². The van der Waals surface area contributed by atoms with Crippen molar-refractivity contribution < 1.29 is 27.9 Å². The van der Waals surface area contributed by atoms with Gasteiger partial charge in [-0.3, -0.25) is 9.59 Å². The summed E-state index contributed by atoms with van der Waals surface area (Å²) in [4.78, 5) is 25.2. The van der Waals surface area contributed by atoms with Gasteiger partial charge in [-0.15, -0.1) is 0 Å². The van der Waals surface area contributed by atoms with Gasteiger partial charge in [-0.05, 0) is 47.2 Å². The standard InChI is InChI=1S/C43H44N6O2/c1-34(36-10-5-3-6-11-36)44-42(50)32-48-28-18-40(19-29-48)38-14-24-46(25-15-38)22-9-23-47-26-16-39(17-27-47)41-20-30-49(31-21-41)33-43(51)45-35(2)37-12-7-4-8-13-37/h3-8,10-21,24-31,34-35H,9,22-23,32-33H2,1-2H3/q+2/p+2/t34-,35-/m1/s1. The van der Waals surface area contributed by atoms with Gasteiger partial charge >= 0.3 is 0 Å². The van der Waals surface area contributed by atoms with Crippen molar-refractivity contribution in [3.63, 3.8) is 0 Å². The van der Waals surface area contributed by atoms with Crippen LogP contribution in [0.1, 0.15) is 43.5 Å². The molecule has 51 heavy (non-hydrogen) atoms. The molecule has 0 saturated heterocycles. The molecule has 4 aromatic heterocycles. The zero-order valence-corrected chi connectivity index (χ0v) is 29.3. The van der Waals surface area contributed by atoms with Gasteiger partial charge in [0.25, 0.3) is 11.8 Å². The van der Waals surface area contributed by atoms with E-state index in [1.165, 1.54) is 0 Å². The Morgan fingerprint density at radius 2 is 0.745 bits per heavy atom. The van der Waals surface area contributed by atoms with Crippen molar-refractivity contribution in [2.24, 2.45) is 0 Å². The van der Waals surface area contributed by atoms with E-state index in [1.807, 2.05) is 133 Å². The maximum Gasteiger partial charge on any atom is 0.286 e. The van der Waals surface area contributed by atoms with Gasteiger partial charge in [-0.1, -0.05) is 60.7 Å². The van der Waals surface area contributed by atoms with E-state index in [0.717, 1.165) is 52.9 Å². The second-order valence-electron chi connectivity index (χ2n) is 12.9. The molecule has 0 spiro atoms. The molecule has 6 aromatic rings. The van der Waals surface area contributed by atoms with Crippen LogP contribution >= 0.6 is 0 Å². The number of hydrogen-bond donors (Lipinski definition) is 2. The summed E-state index contributed by atoms with van der Waals surface area (Å²) < 4.78 is 8.22. The highest BCUT2D eigenvalue weighted by molar-refractivity contribution is 5.75. The Bertz CT molecular complexity index is 1850. The van der Waals surface area contributed by atoms with Crippen molar-refractivity contribution in [2.45, 2.75) is 58.5 Å². The third-order valence-corrected chi connectivity index (χ3v) is 9.07. The van der Waals surface area contributed by atoms with E-state index in [1.54, 1.807) is 0 Å². The molecule has 0 aliphatic carbocycles. The third kappa shape index (κ3) is 10.0. The summed E-state index contributed by atoms with van der Waals surface area (Å²) in [5.41, 5.74) is 6.68. The Kier molecular flexibility index (Phi) is 11.7. The molecule has 0 aliphatic rings. The Balaban J connectivity index is 0.928. The van der Waals surface area contributed by atoms with Crippen molar-refractivity contribution in [3.05, 3.63) is 170 Å². The summed E-state index contributed by atoms with van der Waals surface area (Å²) in [6, 6.07) is 36.7. The minimum absolute atomic E-state index is 0.0170. The number of pyridine rings is 4. The molecular weight excluding hydrogens is 633 g/mol. The summed E-state index contributed by atoms with van der Waals surface area (Å²) in [5.74, 6) is -0.0339. The number of benzene rings is 2. The van der Waals surface area contributed by atoms with E-state index >= 15 is 0 Å². The van der Waals surface area contributed by atoms with Crippen molar-refractivity contribution in [3.8, 4) is 22.3 Å². The maximum atomic E-state index is 12.6. The van der Waals surface area contributed by atoms with E-state index in [2.05, 4.69) is 68.8 Å². The molecule has 6 rings (SSSR count). The minimum atomic E-state index is -0.0360. The largest absolute Gasteiger partial charge is 0.344 e. The molecule has 2 N–H and O–H groups in total. The highest BCUT2D eigenvalue weighted by atomic mass is 16.2. The molecule has 256 valence electrons. The normalized spacial score (nSPS) is 12.1. The fraction of sp³-hybridized carbons (Fsp3) is 0.209. The van der Waals surface area contributed by atoms with E-state index in [9.17, 15) is 9.59 Å². The number of carbonyl (C=O) groups is 2. The van der Waals surface area contributed by atoms with Crippen LogP contribution < -0.4 is 28.9 Å². The van der Waals surface area contributed by atoms with Crippen LogP contribution in [0.3, 0.4) is 0 Å². The highest BCUT2D eigenvalue weighted by Crippen LogP contribution is 2.17. The number of hydrogen-bond acceptors (Lipinski definition) is 2. The average Bonchev–Trinajstić information content (AvgIpc) is 3.16. The molecule has 2 amide bonds. The summed E-state index contributed by atoms with van der Waals surface area (Å²) >= 11 is 0. The fourth-order valence-electron chi connectivity index (χ4n) is 6.10. The number of nitrogens with one attached hydrogen (secondary N) is 2. The monoisotopic (exact) mass is 678 g/mol. The predicted octanol–water partition coefficient (Wildman–Crippen LogP) is 5.02. The first kappa shape index (κ1) is 34.8. The van der Waals surface area contributed by atoms with Crippen molar-refractivity contribution in [2.75, 3.05) is 0 Å². The van der Waals surface area contributed by atoms with Gasteiger partial charge in [0.2, 0.25) is 13.1 Å². The summed E-state index contributed by atoms with van der Waals surface area (Å²) in [6.45, 7) is 6.37. The summed E-state index contributed by atoms with van der Waals surface area (Å²) in [6.07, 6.45) is 17.3. The first-order valence-electron chi connectivity index (χ1n) is 17.6. The van der Waals surface area contributed by atoms with Gasteiger partial charge in [0.05, 0.1) is 18.5 Å². The van der Waals surface area contributed by atoms with Gasteiger partial charge in [-0.2, -0.15) is 9.13 Å². The summed E-state index contributed by atoms with van der Waals surface area (Å²) in [5, 5.41) is 6.14. The van der Waals surface area contributed by atoms with Crippen LogP contribution in [0.4, 0.5) is 0 Å². The lowest BCUT2D eigenvalue weighted by Gasteiger charge is -2.12. The quantitative estimate of drug-likeness (QED) is 0.159. The number of amides is 2. The average molecular weight is 679 g/mol. The van der Waals surface area contributed by atoms with Gasteiger partial charge in [-0.25, -0.2) is 9.13 Å². The first-order valence-corrected chi connectivity index (χ1v) is 17.6. The van der Waals surface area contributed by atoms with Crippen LogP contribution in [-0.4, -0.2) is 11.8 Å². The van der Waals surface area contributed by atoms with E-state index in [0.29, 0.717) is 0 Å².